The molecule has 1 heterocycles. The number of rotatable bonds is 15. The van der Waals surface area contributed by atoms with Gasteiger partial charge in [0.1, 0.15) is 6.61 Å². The van der Waals surface area contributed by atoms with Crippen LogP contribution < -0.4 is 14.8 Å². The SMILES string of the molecule is CCOC(=O)CCCn1ccc2cc(CC(C)NCCOc3ccccc3OCC(F)(F)F)cc(C(=O)N(C)C)c21. The topological polar surface area (TPSA) is 82.0 Å². The molecule has 1 N–H and O–H groups in total. The number of fused-ring (bicyclic) bond motifs is 1. The van der Waals surface area contributed by atoms with Crippen molar-refractivity contribution in [2.45, 2.75) is 51.9 Å². The molecule has 8 nitrogen and oxygen atoms in total. The molecule has 2 aromatic carbocycles. The van der Waals surface area contributed by atoms with Crippen LogP contribution in [-0.4, -0.2) is 74.0 Å². The Kier molecular flexibility index (Phi) is 11.5. The number of hydrogen-bond acceptors (Lipinski definition) is 6. The van der Waals surface area contributed by atoms with Crippen LogP contribution in [0.4, 0.5) is 13.2 Å². The number of hydrogen-bond donors (Lipinski definition) is 1. The largest absolute Gasteiger partial charge is 0.488 e. The molecule has 0 aliphatic heterocycles. The van der Waals surface area contributed by atoms with Gasteiger partial charge in [0.2, 0.25) is 0 Å². The van der Waals surface area contributed by atoms with Gasteiger partial charge in [0.15, 0.2) is 18.1 Å². The molecular weight excluding hydrogens is 539 g/mol. The van der Waals surface area contributed by atoms with E-state index in [2.05, 4.69) is 11.4 Å². The predicted molar refractivity (Wildman–Crippen MR) is 150 cm³/mol. The van der Waals surface area contributed by atoms with E-state index >= 15 is 0 Å². The van der Waals surface area contributed by atoms with E-state index in [-0.39, 0.29) is 36.0 Å². The first kappa shape index (κ1) is 31.8. The minimum absolute atomic E-state index is 0.0294. The summed E-state index contributed by atoms with van der Waals surface area (Å²) in [5, 5.41) is 4.30. The fourth-order valence-corrected chi connectivity index (χ4v) is 4.49. The molecule has 0 spiro atoms. The van der Waals surface area contributed by atoms with Crippen LogP contribution in [-0.2, 0) is 22.5 Å². The zero-order chi connectivity index (χ0) is 30.0. The number of esters is 1. The van der Waals surface area contributed by atoms with Gasteiger partial charge in [-0.3, -0.25) is 9.59 Å². The van der Waals surface area contributed by atoms with Gasteiger partial charge in [-0.25, -0.2) is 0 Å². The fourth-order valence-electron chi connectivity index (χ4n) is 4.49. The highest BCUT2D eigenvalue weighted by atomic mass is 19.4. The van der Waals surface area contributed by atoms with Crippen LogP contribution in [0.2, 0.25) is 0 Å². The van der Waals surface area contributed by atoms with Crippen molar-refractivity contribution in [2.24, 2.45) is 0 Å². The summed E-state index contributed by atoms with van der Waals surface area (Å²) < 4.78 is 55.1. The number of aryl methyl sites for hydroxylation is 1. The summed E-state index contributed by atoms with van der Waals surface area (Å²) in [6, 6.07) is 12.2. The lowest BCUT2D eigenvalue weighted by Crippen LogP contribution is -2.32. The minimum atomic E-state index is -4.43. The van der Waals surface area contributed by atoms with E-state index in [4.69, 9.17) is 14.2 Å². The zero-order valence-corrected chi connectivity index (χ0v) is 23.9. The van der Waals surface area contributed by atoms with Gasteiger partial charge in [-0.15, -0.1) is 0 Å². The average molecular weight is 578 g/mol. The molecule has 11 heteroatoms. The molecule has 3 aromatic rings. The highest BCUT2D eigenvalue weighted by molar-refractivity contribution is 6.06. The molecule has 0 saturated heterocycles. The van der Waals surface area contributed by atoms with Crippen LogP contribution in [0.15, 0.2) is 48.7 Å². The minimum Gasteiger partial charge on any atom is -0.488 e. The Labute approximate surface area is 238 Å². The van der Waals surface area contributed by atoms with E-state index in [1.165, 1.54) is 6.07 Å². The number of ether oxygens (including phenoxy) is 3. The summed E-state index contributed by atoms with van der Waals surface area (Å²) in [6.45, 7) is 4.02. The van der Waals surface area contributed by atoms with E-state index in [1.54, 1.807) is 44.1 Å². The van der Waals surface area contributed by atoms with Crippen LogP contribution in [0.5, 0.6) is 11.5 Å². The fraction of sp³-hybridized carbons (Fsp3) is 0.467. The summed E-state index contributed by atoms with van der Waals surface area (Å²) in [7, 11) is 3.43. The number of alkyl halides is 3. The van der Waals surface area contributed by atoms with Crippen LogP contribution in [0.25, 0.3) is 10.9 Å². The molecular formula is C30H38F3N3O5. The quantitative estimate of drug-likeness (QED) is 0.197. The predicted octanol–water partition coefficient (Wildman–Crippen LogP) is 5.23. The maximum absolute atomic E-state index is 13.1. The van der Waals surface area contributed by atoms with Gasteiger partial charge in [-0.1, -0.05) is 12.1 Å². The van der Waals surface area contributed by atoms with Gasteiger partial charge in [-0.05, 0) is 62.6 Å². The molecule has 0 fully saturated rings. The Morgan fingerprint density at radius 2 is 1.78 bits per heavy atom. The molecule has 1 aromatic heterocycles. The molecule has 1 atom stereocenters. The normalized spacial score (nSPS) is 12.3. The van der Waals surface area contributed by atoms with Crippen molar-refractivity contribution in [2.75, 3.05) is 40.5 Å². The van der Waals surface area contributed by atoms with Crippen LogP contribution in [0.3, 0.4) is 0 Å². The molecule has 41 heavy (non-hydrogen) atoms. The zero-order valence-electron chi connectivity index (χ0n) is 23.9. The summed E-state index contributed by atoms with van der Waals surface area (Å²) in [5.41, 5.74) is 2.41. The second-order valence-electron chi connectivity index (χ2n) is 9.96. The van der Waals surface area contributed by atoms with Gasteiger partial charge in [0.25, 0.3) is 5.91 Å². The molecule has 3 rings (SSSR count). The summed E-state index contributed by atoms with van der Waals surface area (Å²) >= 11 is 0. The number of carbonyl (C=O) groups is 2. The van der Waals surface area contributed by atoms with Crippen molar-refractivity contribution in [1.82, 2.24) is 14.8 Å². The first-order valence-corrected chi connectivity index (χ1v) is 13.6. The lowest BCUT2D eigenvalue weighted by atomic mass is 10.0. The standard InChI is InChI=1S/C30H38F3N3O5/c1-5-39-27(37)11-8-14-36-15-12-23-18-22(19-24(28(23)36)29(38)35(3)4)17-21(2)34-13-16-40-25-9-6-7-10-26(25)41-20-30(31,32)33/h6-7,9-10,12,15,18-19,21,34H,5,8,11,13-14,16-17,20H2,1-4H3. The number of nitrogens with one attached hydrogen (secondary N) is 1. The van der Waals surface area contributed by atoms with E-state index in [9.17, 15) is 22.8 Å². The first-order valence-electron chi connectivity index (χ1n) is 13.6. The van der Waals surface area contributed by atoms with Crippen molar-refractivity contribution in [3.63, 3.8) is 0 Å². The number of benzene rings is 2. The van der Waals surface area contributed by atoms with Gasteiger partial charge in [-0.2, -0.15) is 13.2 Å². The Balaban J connectivity index is 1.62. The number of amides is 1. The highest BCUT2D eigenvalue weighted by Crippen LogP contribution is 2.28. The van der Waals surface area contributed by atoms with E-state index in [0.29, 0.717) is 44.5 Å². The third-order valence-corrected chi connectivity index (χ3v) is 6.28. The number of aromatic nitrogens is 1. The van der Waals surface area contributed by atoms with E-state index < -0.39 is 12.8 Å². The van der Waals surface area contributed by atoms with Gasteiger partial charge in [0, 0.05) is 51.2 Å². The first-order chi connectivity index (χ1) is 19.5. The number of halogens is 3. The van der Waals surface area contributed by atoms with Gasteiger partial charge in [0.05, 0.1) is 17.7 Å². The molecule has 0 aliphatic carbocycles. The van der Waals surface area contributed by atoms with E-state index in [0.717, 1.165) is 16.5 Å². The van der Waals surface area contributed by atoms with Crippen molar-refractivity contribution >= 4 is 22.8 Å². The second kappa shape index (κ2) is 14.8. The Morgan fingerprint density at radius 1 is 1.07 bits per heavy atom. The molecule has 0 radical (unpaired) electrons. The third kappa shape index (κ3) is 9.70. The van der Waals surface area contributed by atoms with Crippen LogP contribution in [0, 0.1) is 0 Å². The molecule has 0 saturated carbocycles. The Hall–Kier alpha value is -3.73. The van der Waals surface area contributed by atoms with Crippen molar-refractivity contribution in [1.29, 1.82) is 0 Å². The molecule has 0 aliphatic rings. The van der Waals surface area contributed by atoms with Crippen LogP contribution >= 0.6 is 0 Å². The summed E-state index contributed by atoms with van der Waals surface area (Å²) in [5.74, 6) is -0.0586. The van der Waals surface area contributed by atoms with Crippen LogP contribution in [0.1, 0.15) is 42.6 Å². The second-order valence-corrected chi connectivity index (χ2v) is 9.96. The Morgan fingerprint density at radius 3 is 2.44 bits per heavy atom. The molecule has 1 amide bonds. The lowest BCUT2D eigenvalue weighted by molar-refractivity contribution is -0.153. The van der Waals surface area contributed by atoms with Gasteiger partial charge < -0.3 is 29.0 Å². The highest BCUT2D eigenvalue weighted by Gasteiger charge is 2.29. The smallest absolute Gasteiger partial charge is 0.422 e. The average Bonchev–Trinajstić information content (AvgIpc) is 3.32. The number of carbonyl (C=O) groups excluding carboxylic acids is 2. The molecule has 0 bridgehead atoms. The summed E-state index contributed by atoms with van der Waals surface area (Å²) in [6.07, 6.45) is -0.954. The van der Waals surface area contributed by atoms with Crippen molar-refractivity contribution in [3.8, 4) is 11.5 Å². The van der Waals surface area contributed by atoms with E-state index in [1.807, 2.05) is 29.8 Å². The monoisotopic (exact) mass is 577 g/mol. The molecule has 1 unspecified atom stereocenters. The van der Waals surface area contributed by atoms with Gasteiger partial charge >= 0.3 is 12.1 Å². The number of para-hydroxylation sites is 2. The van der Waals surface area contributed by atoms with Crippen molar-refractivity contribution in [3.05, 3.63) is 59.8 Å². The van der Waals surface area contributed by atoms with Crippen molar-refractivity contribution < 1.29 is 37.0 Å². The lowest BCUT2D eigenvalue weighted by Gasteiger charge is -2.18. The number of nitrogens with zero attached hydrogens (tertiary/aromatic N) is 2. The maximum Gasteiger partial charge on any atom is 0.422 e. The molecule has 224 valence electrons. The third-order valence-electron chi connectivity index (χ3n) is 6.28. The maximum atomic E-state index is 13.1. The summed E-state index contributed by atoms with van der Waals surface area (Å²) in [4.78, 5) is 26.4. The Bertz CT molecular complexity index is 1310.